The molecule has 0 fully saturated rings. The largest absolute Gasteiger partial charge is 0.493 e. The van der Waals surface area contributed by atoms with E-state index in [0.717, 1.165) is 62.2 Å². The van der Waals surface area contributed by atoms with Gasteiger partial charge in [0, 0.05) is 38.1 Å². The third-order valence-electron chi connectivity index (χ3n) is 4.99. The van der Waals surface area contributed by atoms with E-state index in [4.69, 9.17) is 14.5 Å². The van der Waals surface area contributed by atoms with Gasteiger partial charge >= 0.3 is 0 Å². The number of rotatable bonds is 6. The van der Waals surface area contributed by atoms with Gasteiger partial charge in [-0.2, -0.15) is 0 Å². The smallest absolute Gasteiger partial charge is 0.194 e. The molecule has 0 unspecified atom stereocenters. The molecule has 29 heavy (non-hydrogen) atoms. The lowest BCUT2D eigenvalue weighted by molar-refractivity contribution is 0.346. The molecule has 0 radical (unpaired) electrons. The molecular weight excluding hydrogens is 479 g/mol. The van der Waals surface area contributed by atoms with Crippen molar-refractivity contribution in [2.75, 3.05) is 33.9 Å². The molecule has 1 aliphatic heterocycles. The van der Waals surface area contributed by atoms with Gasteiger partial charge in [-0.3, -0.25) is 9.98 Å². The number of pyridine rings is 1. The van der Waals surface area contributed by atoms with Gasteiger partial charge in [0.2, 0.25) is 0 Å². The number of benzene rings is 1. The SMILES string of the molecule is CCNC(=NCCc1ccc(C)nc1)N1CCc2cc(OC)c(OC)cc2C1.I. The van der Waals surface area contributed by atoms with Crippen LogP contribution in [-0.2, 0) is 19.4 Å². The topological polar surface area (TPSA) is 59.0 Å². The van der Waals surface area contributed by atoms with Crippen LogP contribution in [0.15, 0.2) is 35.5 Å². The van der Waals surface area contributed by atoms with Crippen LogP contribution in [0.2, 0.25) is 0 Å². The van der Waals surface area contributed by atoms with E-state index in [-0.39, 0.29) is 24.0 Å². The number of nitrogens with one attached hydrogen (secondary N) is 1. The van der Waals surface area contributed by atoms with Gasteiger partial charge in [0.1, 0.15) is 0 Å². The first-order chi connectivity index (χ1) is 13.6. The Hall–Kier alpha value is -2.03. The summed E-state index contributed by atoms with van der Waals surface area (Å²) in [7, 11) is 3.36. The van der Waals surface area contributed by atoms with Crippen LogP contribution in [0, 0.1) is 6.92 Å². The maximum atomic E-state index is 5.47. The molecule has 6 nitrogen and oxygen atoms in total. The summed E-state index contributed by atoms with van der Waals surface area (Å²) in [5, 5.41) is 3.43. The van der Waals surface area contributed by atoms with Crippen molar-refractivity contribution in [3.63, 3.8) is 0 Å². The van der Waals surface area contributed by atoms with Gasteiger partial charge in [0.25, 0.3) is 0 Å². The van der Waals surface area contributed by atoms with Gasteiger partial charge in [-0.1, -0.05) is 6.07 Å². The fraction of sp³-hybridized carbons (Fsp3) is 0.455. The predicted molar refractivity (Wildman–Crippen MR) is 128 cm³/mol. The van der Waals surface area contributed by atoms with Crippen LogP contribution in [-0.4, -0.2) is 49.7 Å². The highest BCUT2D eigenvalue weighted by molar-refractivity contribution is 14.0. The van der Waals surface area contributed by atoms with E-state index in [2.05, 4.69) is 40.3 Å². The second kappa shape index (κ2) is 11.2. The van der Waals surface area contributed by atoms with Crippen LogP contribution in [0.1, 0.15) is 29.3 Å². The van der Waals surface area contributed by atoms with Crippen LogP contribution in [0.5, 0.6) is 11.5 Å². The summed E-state index contributed by atoms with van der Waals surface area (Å²) in [5.74, 6) is 2.53. The van der Waals surface area contributed by atoms with Crippen molar-refractivity contribution in [2.24, 2.45) is 4.99 Å². The minimum absolute atomic E-state index is 0. The van der Waals surface area contributed by atoms with Gasteiger partial charge in [0.15, 0.2) is 17.5 Å². The van der Waals surface area contributed by atoms with Crippen molar-refractivity contribution in [1.29, 1.82) is 0 Å². The maximum absolute atomic E-state index is 5.47. The second-order valence-corrected chi connectivity index (χ2v) is 6.94. The molecule has 2 aromatic rings. The summed E-state index contributed by atoms with van der Waals surface area (Å²) in [6, 6.07) is 8.36. The van der Waals surface area contributed by atoms with Crippen molar-refractivity contribution >= 4 is 29.9 Å². The van der Waals surface area contributed by atoms with E-state index >= 15 is 0 Å². The normalized spacial score (nSPS) is 13.4. The van der Waals surface area contributed by atoms with Crippen molar-refractivity contribution in [1.82, 2.24) is 15.2 Å². The van der Waals surface area contributed by atoms with E-state index in [9.17, 15) is 0 Å². The summed E-state index contributed by atoms with van der Waals surface area (Å²) in [4.78, 5) is 11.5. The molecule has 0 spiro atoms. The number of hydrogen-bond acceptors (Lipinski definition) is 4. The molecule has 0 amide bonds. The minimum atomic E-state index is 0. The first-order valence-electron chi connectivity index (χ1n) is 9.83. The zero-order valence-electron chi connectivity index (χ0n) is 17.7. The first-order valence-corrected chi connectivity index (χ1v) is 9.83. The Balaban J connectivity index is 0.00000300. The van der Waals surface area contributed by atoms with E-state index in [0.29, 0.717) is 0 Å². The number of aliphatic imine (C=N–C) groups is 1. The average Bonchev–Trinajstić information content (AvgIpc) is 2.73. The molecule has 0 saturated carbocycles. The van der Waals surface area contributed by atoms with Gasteiger partial charge in [-0.25, -0.2) is 0 Å². The number of nitrogens with zero attached hydrogens (tertiary/aromatic N) is 3. The zero-order chi connectivity index (χ0) is 19.9. The molecule has 3 rings (SSSR count). The minimum Gasteiger partial charge on any atom is -0.493 e. The molecule has 0 saturated heterocycles. The lowest BCUT2D eigenvalue weighted by Crippen LogP contribution is -2.44. The number of guanidine groups is 1. The number of hydrogen-bond donors (Lipinski definition) is 1. The Bertz CT molecular complexity index is 824. The number of methoxy groups -OCH3 is 2. The number of fused-ring (bicyclic) bond motifs is 1. The molecule has 0 aliphatic carbocycles. The number of aromatic nitrogens is 1. The first kappa shape index (κ1) is 23.3. The molecular formula is C22H31IN4O2. The van der Waals surface area contributed by atoms with Crippen molar-refractivity contribution in [3.8, 4) is 11.5 Å². The molecule has 0 bridgehead atoms. The Morgan fingerprint density at radius 3 is 2.52 bits per heavy atom. The van der Waals surface area contributed by atoms with Crippen molar-refractivity contribution in [2.45, 2.75) is 33.2 Å². The second-order valence-electron chi connectivity index (χ2n) is 6.94. The van der Waals surface area contributed by atoms with E-state index in [1.165, 1.54) is 16.7 Å². The lowest BCUT2D eigenvalue weighted by Gasteiger charge is -2.32. The van der Waals surface area contributed by atoms with Crippen LogP contribution in [0.25, 0.3) is 0 Å². The Morgan fingerprint density at radius 1 is 1.17 bits per heavy atom. The summed E-state index contributed by atoms with van der Waals surface area (Å²) in [6.45, 7) is 7.44. The van der Waals surface area contributed by atoms with Crippen LogP contribution < -0.4 is 14.8 Å². The molecule has 1 aromatic heterocycles. The standard InChI is InChI=1S/C22H30N4O2.HI/c1-5-23-22(24-10-8-17-7-6-16(2)25-14-17)26-11-9-18-12-20(27-3)21(28-4)13-19(18)15-26;/h6-7,12-14H,5,8-11,15H2,1-4H3,(H,23,24);1H. The highest BCUT2D eigenvalue weighted by Gasteiger charge is 2.21. The highest BCUT2D eigenvalue weighted by Crippen LogP contribution is 2.33. The molecule has 1 aromatic carbocycles. The number of ether oxygens (including phenoxy) is 2. The third-order valence-corrected chi connectivity index (χ3v) is 4.99. The van der Waals surface area contributed by atoms with Crippen molar-refractivity contribution in [3.05, 3.63) is 52.8 Å². The van der Waals surface area contributed by atoms with Gasteiger partial charge in [-0.05, 0) is 61.6 Å². The van der Waals surface area contributed by atoms with Crippen LogP contribution in [0.3, 0.4) is 0 Å². The monoisotopic (exact) mass is 510 g/mol. The lowest BCUT2D eigenvalue weighted by atomic mass is 9.99. The van der Waals surface area contributed by atoms with E-state index in [1.807, 2.05) is 19.2 Å². The van der Waals surface area contributed by atoms with Crippen molar-refractivity contribution < 1.29 is 9.47 Å². The fourth-order valence-electron chi connectivity index (χ4n) is 3.43. The highest BCUT2D eigenvalue weighted by atomic mass is 127. The molecule has 7 heteroatoms. The van der Waals surface area contributed by atoms with Gasteiger partial charge < -0.3 is 19.7 Å². The summed E-state index contributed by atoms with van der Waals surface area (Å²) >= 11 is 0. The van der Waals surface area contributed by atoms with E-state index in [1.54, 1.807) is 14.2 Å². The van der Waals surface area contributed by atoms with Crippen LogP contribution >= 0.6 is 24.0 Å². The Labute approximate surface area is 190 Å². The van der Waals surface area contributed by atoms with Gasteiger partial charge in [-0.15, -0.1) is 24.0 Å². The van der Waals surface area contributed by atoms with E-state index < -0.39 is 0 Å². The number of aryl methyl sites for hydroxylation is 1. The maximum Gasteiger partial charge on any atom is 0.194 e. The molecule has 1 aliphatic rings. The molecule has 2 heterocycles. The number of halogens is 1. The summed E-state index contributed by atoms with van der Waals surface area (Å²) in [6.07, 6.45) is 3.79. The third kappa shape index (κ3) is 5.98. The predicted octanol–water partition coefficient (Wildman–Crippen LogP) is 3.59. The average molecular weight is 510 g/mol. The Kier molecular flexibility index (Phi) is 9.00. The molecule has 158 valence electrons. The quantitative estimate of drug-likeness (QED) is 0.366. The zero-order valence-corrected chi connectivity index (χ0v) is 20.0. The Morgan fingerprint density at radius 2 is 1.90 bits per heavy atom. The summed E-state index contributed by atoms with van der Waals surface area (Å²) in [5.41, 5.74) is 4.83. The van der Waals surface area contributed by atoms with Gasteiger partial charge in [0.05, 0.1) is 14.2 Å². The molecule has 0 atom stereocenters. The fourth-order valence-corrected chi connectivity index (χ4v) is 3.43. The molecule has 1 N–H and O–H groups in total. The summed E-state index contributed by atoms with van der Waals surface area (Å²) < 4.78 is 10.9. The van der Waals surface area contributed by atoms with Crippen LogP contribution in [0.4, 0.5) is 0 Å².